The van der Waals surface area contributed by atoms with Gasteiger partial charge in [0.1, 0.15) is 0 Å². The number of nitrogens with zero attached hydrogens (tertiary/aromatic N) is 1. The number of methoxy groups -OCH3 is 1. The van der Waals surface area contributed by atoms with Crippen molar-refractivity contribution in [2.75, 3.05) is 38.3 Å². The topological polar surface area (TPSA) is 24.5 Å². The third-order valence-corrected chi connectivity index (χ3v) is 4.52. The van der Waals surface area contributed by atoms with Crippen molar-refractivity contribution in [2.45, 2.75) is 32.7 Å². The maximum Gasteiger partial charge on any atom is 0.0587 e. The standard InChI is InChI=1S/C17H27ClN2O/c1-3-14-5-4-9-20(13-14)17-11-16(18)7-6-15(17)12-19-8-10-21-2/h6-7,11,14,19H,3-5,8-10,12-13H2,1-2H3. The van der Waals surface area contributed by atoms with E-state index in [1.807, 2.05) is 6.07 Å². The number of piperidine rings is 1. The quantitative estimate of drug-likeness (QED) is 0.777. The molecule has 1 fully saturated rings. The van der Waals surface area contributed by atoms with Crippen molar-refractivity contribution in [1.82, 2.24) is 5.32 Å². The van der Waals surface area contributed by atoms with E-state index in [4.69, 9.17) is 16.3 Å². The molecule has 0 bridgehead atoms. The molecule has 21 heavy (non-hydrogen) atoms. The molecule has 1 heterocycles. The molecule has 118 valence electrons. The van der Waals surface area contributed by atoms with Gasteiger partial charge in [-0.1, -0.05) is 31.0 Å². The summed E-state index contributed by atoms with van der Waals surface area (Å²) in [6.07, 6.45) is 3.90. The first-order chi connectivity index (χ1) is 10.2. The molecule has 2 rings (SSSR count). The van der Waals surface area contributed by atoms with Crippen molar-refractivity contribution >= 4 is 17.3 Å². The Labute approximate surface area is 133 Å². The summed E-state index contributed by atoms with van der Waals surface area (Å²) in [4.78, 5) is 2.51. The normalized spacial score (nSPS) is 19.0. The number of anilines is 1. The van der Waals surface area contributed by atoms with Gasteiger partial charge in [0, 0.05) is 44.0 Å². The Kier molecular flexibility index (Phi) is 6.81. The molecule has 1 saturated heterocycles. The molecule has 0 spiro atoms. The van der Waals surface area contributed by atoms with Gasteiger partial charge >= 0.3 is 0 Å². The monoisotopic (exact) mass is 310 g/mol. The van der Waals surface area contributed by atoms with Crippen LogP contribution in [0.4, 0.5) is 5.69 Å². The third-order valence-electron chi connectivity index (χ3n) is 4.28. The zero-order valence-electron chi connectivity index (χ0n) is 13.2. The van der Waals surface area contributed by atoms with Gasteiger partial charge in [0.15, 0.2) is 0 Å². The molecule has 1 aliphatic rings. The van der Waals surface area contributed by atoms with Crippen LogP contribution in [0.2, 0.25) is 5.02 Å². The van der Waals surface area contributed by atoms with Crippen molar-refractivity contribution < 1.29 is 4.74 Å². The molecule has 0 amide bonds. The van der Waals surface area contributed by atoms with Crippen molar-refractivity contribution in [2.24, 2.45) is 5.92 Å². The molecule has 1 unspecified atom stereocenters. The lowest BCUT2D eigenvalue weighted by atomic mass is 9.94. The Morgan fingerprint density at radius 1 is 1.43 bits per heavy atom. The van der Waals surface area contributed by atoms with Crippen LogP contribution in [0.25, 0.3) is 0 Å². The lowest BCUT2D eigenvalue weighted by Crippen LogP contribution is -2.36. The summed E-state index contributed by atoms with van der Waals surface area (Å²) in [6.45, 7) is 7.06. The molecule has 1 aromatic rings. The third kappa shape index (κ3) is 4.87. The molecule has 1 aromatic carbocycles. The highest BCUT2D eigenvalue weighted by molar-refractivity contribution is 6.30. The number of hydrogen-bond acceptors (Lipinski definition) is 3. The fourth-order valence-electron chi connectivity index (χ4n) is 3.00. The van der Waals surface area contributed by atoms with Gasteiger partial charge < -0.3 is 15.0 Å². The van der Waals surface area contributed by atoms with Gasteiger partial charge in [-0.3, -0.25) is 0 Å². The number of rotatable bonds is 7. The second-order valence-electron chi connectivity index (χ2n) is 5.81. The molecule has 0 saturated carbocycles. The van der Waals surface area contributed by atoms with E-state index in [9.17, 15) is 0 Å². The van der Waals surface area contributed by atoms with Crippen molar-refractivity contribution in [3.63, 3.8) is 0 Å². The minimum atomic E-state index is 0.741. The summed E-state index contributed by atoms with van der Waals surface area (Å²) in [5.74, 6) is 0.812. The molecular formula is C17H27ClN2O. The van der Waals surface area contributed by atoms with E-state index in [-0.39, 0.29) is 0 Å². The Morgan fingerprint density at radius 2 is 2.29 bits per heavy atom. The van der Waals surface area contributed by atoms with Crippen LogP contribution in [0.3, 0.4) is 0 Å². The van der Waals surface area contributed by atoms with Crippen LogP contribution in [0.1, 0.15) is 31.7 Å². The summed E-state index contributed by atoms with van der Waals surface area (Å²) >= 11 is 6.22. The zero-order chi connectivity index (χ0) is 15.1. The number of ether oxygens (including phenoxy) is 1. The predicted octanol–water partition coefficient (Wildman–Crippen LogP) is 3.70. The maximum atomic E-state index is 6.22. The van der Waals surface area contributed by atoms with E-state index >= 15 is 0 Å². The molecule has 1 atom stereocenters. The molecule has 4 heteroatoms. The van der Waals surface area contributed by atoms with E-state index in [1.54, 1.807) is 7.11 Å². The number of halogens is 1. The number of benzene rings is 1. The summed E-state index contributed by atoms with van der Waals surface area (Å²) in [5, 5.41) is 4.26. The van der Waals surface area contributed by atoms with E-state index < -0.39 is 0 Å². The SMILES string of the molecule is CCC1CCCN(c2cc(Cl)ccc2CNCCOC)C1. The second kappa shape index (κ2) is 8.62. The van der Waals surface area contributed by atoms with Gasteiger partial charge in [0.2, 0.25) is 0 Å². The van der Waals surface area contributed by atoms with E-state index in [1.165, 1.54) is 30.5 Å². The van der Waals surface area contributed by atoms with Gasteiger partial charge in [-0.25, -0.2) is 0 Å². The molecule has 0 aliphatic carbocycles. The first-order valence-corrected chi connectivity index (χ1v) is 8.35. The minimum Gasteiger partial charge on any atom is -0.383 e. The Balaban J connectivity index is 2.07. The Morgan fingerprint density at radius 3 is 3.05 bits per heavy atom. The van der Waals surface area contributed by atoms with Crippen LogP contribution in [-0.2, 0) is 11.3 Å². The largest absolute Gasteiger partial charge is 0.383 e. The van der Waals surface area contributed by atoms with Gasteiger partial charge in [-0.15, -0.1) is 0 Å². The smallest absolute Gasteiger partial charge is 0.0587 e. The summed E-state index contributed by atoms with van der Waals surface area (Å²) in [7, 11) is 1.73. The first-order valence-electron chi connectivity index (χ1n) is 7.97. The highest BCUT2D eigenvalue weighted by Gasteiger charge is 2.20. The fraction of sp³-hybridized carbons (Fsp3) is 0.647. The molecule has 0 aromatic heterocycles. The highest BCUT2D eigenvalue weighted by Crippen LogP contribution is 2.30. The summed E-state index contributed by atoms with van der Waals surface area (Å²) in [6, 6.07) is 6.25. The van der Waals surface area contributed by atoms with Crippen molar-refractivity contribution in [3.05, 3.63) is 28.8 Å². The van der Waals surface area contributed by atoms with Gasteiger partial charge in [-0.05, 0) is 36.5 Å². The number of nitrogens with one attached hydrogen (secondary N) is 1. The molecule has 3 nitrogen and oxygen atoms in total. The van der Waals surface area contributed by atoms with Crippen LogP contribution in [0.15, 0.2) is 18.2 Å². The highest BCUT2D eigenvalue weighted by atomic mass is 35.5. The molecule has 1 aliphatic heterocycles. The van der Waals surface area contributed by atoms with Crippen molar-refractivity contribution in [3.8, 4) is 0 Å². The maximum absolute atomic E-state index is 6.22. The van der Waals surface area contributed by atoms with Gasteiger partial charge in [0.25, 0.3) is 0 Å². The van der Waals surface area contributed by atoms with Crippen LogP contribution >= 0.6 is 11.6 Å². The lowest BCUT2D eigenvalue weighted by molar-refractivity contribution is 0.199. The average molecular weight is 311 g/mol. The van der Waals surface area contributed by atoms with Crippen LogP contribution in [0, 0.1) is 5.92 Å². The molecular weight excluding hydrogens is 284 g/mol. The zero-order valence-corrected chi connectivity index (χ0v) is 14.0. The van der Waals surface area contributed by atoms with Crippen molar-refractivity contribution in [1.29, 1.82) is 0 Å². The fourth-order valence-corrected chi connectivity index (χ4v) is 3.16. The second-order valence-corrected chi connectivity index (χ2v) is 6.24. The van der Waals surface area contributed by atoms with Crippen LogP contribution < -0.4 is 10.2 Å². The first kappa shape index (κ1) is 16.6. The van der Waals surface area contributed by atoms with E-state index in [0.29, 0.717) is 0 Å². The predicted molar refractivity (Wildman–Crippen MR) is 90.3 cm³/mol. The average Bonchev–Trinajstić information content (AvgIpc) is 2.52. The Bertz CT molecular complexity index is 439. The Hall–Kier alpha value is -0.770. The van der Waals surface area contributed by atoms with Crippen LogP contribution in [0.5, 0.6) is 0 Å². The molecule has 1 N–H and O–H groups in total. The lowest BCUT2D eigenvalue weighted by Gasteiger charge is -2.35. The minimum absolute atomic E-state index is 0.741. The van der Waals surface area contributed by atoms with E-state index in [2.05, 4.69) is 29.3 Å². The van der Waals surface area contributed by atoms with Gasteiger partial charge in [0.05, 0.1) is 6.61 Å². The van der Waals surface area contributed by atoms with Crippen LogP contribution in [-0.4, -0.2) is 33.4 Å². The summed E-state index contributed by atoms with van der Waals surface area (Å²) in [5.41, 5.74) is 2.62. The van der Waals surface area contributed by atoms with E-state index in [0.717, 1.165) is 43.7 Å². The van der Waals surface area contributed by atoms with Gasteiger partial charge in [-0.2, -0.15) is 0 Å². The molecule has 0 radical (unpaired) electrons. The number of hydrogen-bond donors (Lipinski definition) is 1. The summed E-state index contributed by atoms with van der Waals surface area (Å²) < 4.78 is 5.08.